The standard InChI is InChI=1S/C14H19N3O5S/c1-15(2)14(18)12-5-4-8-16(12)11-7-6-10(23(3,21)22)9-13(11)17(19)20/h6-7,9,12H,4-5,8H2,1-3H3/t12-/m0/s1. The Morgan fingerprint density at radius 2 is 2.04 bits per heavy atom. The molecule has 1 aliphatic heterocycles. The summed E-state index contributed by atoms with van der Waals surface area (Å²) in [5, 5.41) is 11.4. The minimum Gasteiger partial charge on any atom is -0.354 e. The van der Waals surface area contributed by atoms with Gasteiger partial charge >= 0.3 is 0 Å². The molecule has 8 nitrogen and oxygen atoms in total. The molecule has 0 saturated carbocycles. The summed E-state index contributed by atoms with van der Waals surface area (Å²) in [6, 6.07) is 3.34. The maximum Gasteiger partial charge on any atom is 0.293 e. The van der Waals surface area contributed by atoms with Gasteiger partial charge in [-0.2, -0.15) is 0 Å². The Kier molecular flexibility index (Phi) is 4.60. The van der Waals surface area contributed by atoms with Gasteiger partial charge in [0.1, 0.15) is 11.7 Å². The summed E-state index contributed by atoms with van der Waals surface area (Å²) >= 11 is 0. The van der Waals surface area contributed by atoms with Crippen molar-refractivity contribution in [2.75, 3.05) is 31.8 Å². The van der Waals surface area contributed by atoms with Gasteiger partial charge in [0.05, 0.1) is 9.82 Å². The van der Waals surface area contributed by atoms with Crippen molar-refractivity contribution in [2.24, 2.45) is 0 Å². The van der Waals surface area contributed by atoms with Crippen LogP contribution in [0.5, 0.6) is 0 Å². The van der Waals surface area contributed by atoms with Crippen molar-refractivity contribution < 1.29 is 18.1 Å². The van der Waals surface area contributed by atoms with Crippen molar-refractivity contribution >= 4 is 27.1 Å². The van der Waals surface area contributed by atoms with Crippen molar-refractivity contribution in [1.29, 1.82) is 0 Å². The van der Waals surface area contributed by atoms with E-state index in [0.717, 1.165) is 18.7 Å². The van der Waals surface area contributed by atoms with E-state index in [1.54, 1.807) is 19.0 Å². The van der Waals surface area contributed by atoms with E-state index in [1.165, 1.54) is 17.0 Å². The molecule has 0 bridgehead atoms. The van der Waals surface area contributed by atoms with Crippen LogP contribution in [0.2, 0.25) is 0 Å². The highest BCUT2D eigenvalue weighted by Crippen LogP contribution is 2.35. The molecule has 1 fully saturated rings. The van der Waals surface area contributed by atoms with Crippen LogP contribution in [-0.4, -0.2) is 57.1 Å². The van der Waals surface area contributed by atoms with Gasteiger partial charge in [0.25, 0.3) is 5.69 Å². The van der Waals surface area contributed by atoms with Crippen LogP contribution in [0.4, 0.5) is 11.4 Å². The molecule has 126 valence electrons. The number of nitro benzene ring substituents is 1. The van der Waals surface area contributed by atoms with Crippen LogP contribution < -0.4 is 4.90 Å². The molecule has 0 unspecified atom stereocenters. The molecule has 1 amide bonds. The first kappa shape index (κ1) is 17.2. The average molecular weight is 341 g/mol. The van der Waals surface area contributed by atoms with Gasteiger partial charge in [-0.05, 0) is 25.0 Å². The molecule has 0 spiro atoms. The van der Waals surface area contributed by atoms with Crippen LogP contribution in [-0.2, 0) is 14.6 Å². The van der Waals surface area contributed by atoms with Gasteiger partial charge < -0.3 is 9.80 Å². The summed E-state index contributed by atoms with van der Waals surface area (Å²) in [5.74, 6) is -0.121. The van der Waals surface area contributed by atoms with E-state index in [4.69, 9.17) is 0 Å². The molecule has 1 aliphatic rings. The maximum absolute atomic E-state index is 12.3. The summed E-state index contributed by atoms with van der Waals surface area (Å²) in [5.41, 5.74) is -0.0218. The minimum absolute atomic E-state index is 0.109. The predicted octanol–water partition coefficient (Wildman–Crippen LogP) is 1.06. The van der Waals surface area contributed by atoms with Crippen LogP contribution in [0.15, 0.2) is 23.1 Å². The van der Waals surface area contributed by atoms with E-state index in [2.05, 4.69) is 0 Å². The molecule has 1 saturated heterocycles. The lowest BCUT2D eigenvalue weighted by molar-refractivity contribution is -0.384. The van der Waals surface area contributed by atoms with E-state index in [1.807, 2.05) is 0 Å². The lowest BCUT2D eigenvalue weighted by Gasteiger charge is -2.27. The van der Waals surface area contributed by atoms with Crippen LogP contribution >= 0.6 is 0 Å². The number of carbonyl (C=O) groups excluding carboxylic acids is 1. The second-order valence-electron chi connectivity index (χ2n) is 5.76. The summed E-state index contributed by atoms with van der Waals surface area (Å²) in [7, 11) is -0.263. The third kappa shape index (κ3) is 3.44. The zero-order valence-corrected chi connectivity index (χ0v) is 14.0. The van der Waals surface area contributed by atoms with Gasteiger partial charge in [0.2, 0.25) is 5.91 Å². The van der Waals surface area contributed by atoms with Crippen LogP contribution in [0.3, 0.4) is 0 Å². The van der Waals surface area contributed by atoms with Crippen molar-refractivity contribution in [3.05, 3.63) is 28.3 Å². The molecule has 0 N–H and O–H groups in total. The smallest absolute Gasteiger partial charge is 0.293 e. The molecular formula is C14H19N3O5S. The van der Waals surface area contributed by atoms with Gasteiger partial charge in [-0.25, -0.2) is 8.42 Å². The molecule has 23 heavy (non-hydrogen) atoms. The lowest BCUT2D eigenvalue weighted by Crippen LogP contribution is -2.43. The molecule has 1 heterocycles. The zero-order chi connectivity index (χ0) is 17.4. The molecule has 0 aliphatic carbocycles. The van der Waals surface area contributed by atoms with Crippen LogP contribution in [0.25, 0.3) is 0 Å². The number of hydrogen-bond acceptors (Lipinski definition) is 6. The number of likely N-dealkylation sites (N-methyl/N-ethyl adjacent to an activating group) is 1. The lowest BCUT2D eigenvalue weighted by atomic mass is 10.1. The molecule has 9 heteroatoms. The Morgan fingerprint density at radius 1 is 1.39 bits per heavy atom. The Morgan fingerprint density at radius 3 is 2.57 bits per heavy atom. The number of hydrogen-bond donors (Lipinski definition) is 0. The molecule has 0 radical (unpaired) electrons. The normalized spacial score (nSPS) is 18.0. The number of sulfone groups is 1. The first-order valence-corrected chi connectivity index (χ1v) is 8.98. The molecule has 1 aromatic carbocycles. The van der Waals surface area contributed by atoms with E-state index in [9.17, 15) is 23.3 Å². The number of nitrogens with zero attached hydrogens (tertiary/aromatic N) is 3. The molecule has 0 aromatic heterocycles. The fourth-order valence-corrected chi connectivity index (χ4v) is 3.37. The third-order valence-electron chi connectivity index (χ3n) is 3.86. The SMILES string of the molecule is CN(C)C(=O)[C@@H]1CCCN1c1ccc(S(C)(=O)=O)cc1[N+](=O)[O-]. The van der Waals surface area contributed by atoms with Crippen molar-refractivity contribution in [3.63, 3.8) is 0 Å². The number of nitro groups is 1. The Labute approximate surface area is 134 Å². The molecule has 1 atom stereocenters. The maximum atomic E-state index is 12.3. The van der Waals surface area contributed by atoms with Crippen LogP contribution in [0, 0.1) is 10.1 Å². The van der Waals surface area contributed by atoms with E-state index in [0.29, 0.717) is 13.0 Å². The van der Waals surface area contributed by atoms with Gasteiger partial charge in [-0.1, -0.05) is 0 Å². The fraction of sp³-hybridized carbons (Fsp3) is 0.500. The summed E-state index contributed by atoms with van der Waals surface area (Å²) < 4.78 is 23.2. The Balaban J connectivity index is 2.50. The van der Waals surface area contributed by atoms with Gasteiger partial charge in [-0.3, -0.25) is 14.9 Å². The van der Waals surface area contributed by atoms with Gasteiger partial charge in [0, 0.05) is 33.0 Å². The topological polar surface area (TPSA) is 101 Å². The minimum atomic E-state index is -3.54. The number of anilines is 1. The highest BCUT2D eigenvalue weighted by Gasteiger charge is 2.35. The highest BCUT2D eigenvalue weighted by atomic mass is 32.2. The molecule has 1 aromatic rings. The quantitative estimate of drug-likeness (QED) is 0.599. The van der Waals surface area contributed by atoms with Crippen molar-refractivity contribution in [2.45, 2.75) is 23.8 Å². The first-order valence-electron chi connectivity index (χ1n) is 7.09. The fourth-order valence-electron chi connectivity index (χ4n) is 2.73. The zero-order valence-electron chi connectivity index (χ0n) is 13.2. The van der Waals surface area contributed by atoms with Gasteiger partial charge in [-0.15, -0.1) is 0 Å². The summed E-state index contributed by atoms with van der Waals surface area (Å²) in [6.07, 6.45) is 2.36. The van der Waals surface area contributed by atoms with Crippen molar-refractivity contribution in [3.8, 4) is 0 Å². The largest absolute Gasteiger partial charge is 0.354 e. The number of rotatable bonds is 4. The highest BCUT2D eigenvalue weighted by molar-refractivity contribution is 7.90. The first-order chi connectivity index (χ1) is 10.6. The molecular weight excluding hydrogens is 322 g/mol. The second-order valence-corrected chi connectivity index (χ2v) is 7.78. The van der Waals surface area contributed by atoms with E-state index >= 15 is 0 Å². The summed E-state index contributed by atoms with van der Waals surface area (Å²) in [4.78, 5) is 26.0. The number of amides is 1. The number of benzene rings is 1. The molecule has 2 rings (SSSR count). The Bertz CT molecular complexity index is 745. The van der Waals surface area contributed by atoms with Crippen LogP contribution in [0.1, 0.15) is 12.8 Å². The second kappa shape index (κ2) is 6.15. The average Bonchev–Trinajstić information content (AvgIpc) is 2.93. The van der Waals surface area contributed by atoms with Crippen molar-refractivity contribution in [1.82, 2.24) is 4.90 Å². The van der Waals surface area contributed by atoms with Gasteiger partial charge in [0.15, 0.2) is 9.84 Å². The Hall–Kier alpha value is -2.16. The predicted molar refractivity (Wildman–Crippen MR) is 85.3 cm³/mol. The number of carbonyl (C=O) groups is 1. The monoisotopic (exact) mass is 341 g/mol. The third-order valence-corrected chi connectivity index (χ3v) is 4.97. The summed E-state index contributed by atoms with van der Waals surface area (Å²) in [6.45, 7) is 0.517. The van der Waals surface area contributed by atoms with E-state index in [-0.39, 0.29) is 22.2 Å². The van der Waals surface area contributed by atoms with E-state index < -0.39 is 20.8 Å².